The second-order valence-corrected chi connectivity index (χ2v) is 6.51. The Morgan fingerprint density at radius 2 is 1.53 bits per heavy atom. The van der Waals surface area contributed by atoms with Gasteiger partial charge in [0.15, 0.2) is 11.5 Å². The van der Waals surface area contributed by atoms with Crippen LogP contribution in [0.1, 0.15) is 22.3 Å². The van der Waals surface area contributed by atoms with Crippen molar-refractivity contribution >= 4 is 17.6 Å². The molecule has 3 aromatic rings. The Balaban J connectivity index is 1.52. The maximum Gasteiger partial charge on any atom is 0.311 e. The van der Waals surface area contributed by atoms with Gasteiger partial charge in [0.2, 0.25) is 0 Å². The van der Waals surface area contributed by atoms with Gasteiger partial charge in [0.05, 0.1) is 14.2 Å². The second-order valence-electron chi connectivity index (χ2n) is 6.51. The van der Waals surface area contributed by atoms with Gasteiger partial charge in [-0.05, 0) is 60.5 Å². The number of methoxy groups -OCH3 is 2. The summed E-state index contributed by atoms with van der Waals surface area (Å²) >= 11 is 0. The molecule has 0 aliphatic carbocycles. The lowest BCUT2D eigenvalue weighted by molar-refractivity contribution is -0.134. The summed E-state index contributed by atoms with van der Waals surface area (Å²) in [6.07, 6.45) is 0.725. The van der Waals surface area contributed by atoms with Crippen molar-refractivity contribution in [1.29, 1.82) is 0 Å². The summed E-state index contributed by atoms with van der Waals surface area (Å²) in [5.74, 6) is 1.07. The molecule has 154 valence electrons. The third-order valence-electron chi connectivity index (χ3n) is 4.45. The van der Waals surface area contributed by atoms with E-state index in [1.165, 1.54) is 0 Å². The number of hydrogen-bond donors (Lipinski definition) is 1. The molecule has 6 nitrogen and oxygen atoms in total. The van der Waals surface area contributed by atoms with Crippen LogP contribution < -0.4 is 19.5 Å². The van der Waals surface area contributed by atoms with Crippen molar-refractivity contribution in [2.75, 3.05) is 19.5 Å². The van der Waals surface area contributed by atoms with Crippen LogP contribution in [0.25, 0.3) is 0 Å². The minimum absolute atomic E-state index is 0.214. The number of anilines is 1. The highest BCUT2D eigenvalue weighted by Crippen LogP contribution is 2.28. The van der Waals surface area contributed by atoms with E-state index in [1.807, 2.05) is 42.5 Å². The summed E-state index contributed by atoms with van der Waals surface area (Å²) in [5.41, 5.74) is 2.13. The first-order valence-electron chi connectivity index (χ1n) is 9.47. The monoisotopic (exact) mass is 405 g/mol. The van der Waals surface area contributed by atoms with E-state index < -0.39 is 0 Å². The van der Waals surface area contributed by atoms with Crippen molar-refractivity contribution in [1.82, 2.24) is 0 Å². The van der Waals surface area contributed by atoms with Gasteiger partial charge in [0.25, 0.3) is 5.91 Å². The van der Waals surface area contributed by atoms with Gasteiger partial charge in [-0.25, -0.2) is 0 Å². The lowest BCUT2D eigenvalue weighted by atomic mass is 10.1. The van der Waals surface area contributed by atoms with Crippen molar-refractivity contribution in [3.63, 3.8) is 0 Å². The summed E-state index contributed by atoms with van der Waals surface area (Å²) in [4.78, 5) is 24.4. The molecule has 3 aromatic carbocycles. The van der Waals surface area contributed by atoms with E-state index in [9.17, 15) is 9.59 Å². The largest absolute Gasteiger partial charge is 0.493 e. The van der Waals surface area contributed by atoms with E-state index in [2.05, 4.69) is 5.32 Å². The normalized spacial score (nSPS) is 10.2. The fraction of sp³-hybridized carbons (Fsp3) is 0.167. The first-order valence-corrected chi connectivity index (χ1v) is 9.47. The third-order valence-corrected chi connectivity index (χ3v) is 4.45. The van der Waals surface area contributed by atoms with Crippen LogP contribution in [0.3, 0.4) is 0 Å². The van der Waals surface area contributed by atoms with Crippen LogP contribution in [0.2, 0.25) is 0 Å². The van der Waals surface area contributed by atoms with Crippen LogP contribution in [0.15, 0.2) is 72.8 Å². The van der Waals surface area contributed by atoms with Crippen LogP contribution in [-0.4, -0.2) is 26.1 Å². The molecule has 0 spiro atoms. The van der Waals surface area contributed by atoms with Gasteiger partial charge in [-0.3, -0.25) is 9.59 Å². The van der Waals surface area contributed by atoms with E-state index in [1.54, 1.807) is 44.6 Å². The topological polar surface area (TPSA) is 73.9 Å². The molecule has 0 aliphatic rings. The predicted octanol–water partition coefficient (Wildman–Crippen LogP) is 4.49. The quantitative estimate of drug-likeness (QED) is 0.441. The molecule has 1 N–H and O–H groups in total. The highest BCUT2D eigenvalue weighted by atomic mass is 16.5. The molecule has 0 saturated carbocycles. The van der Waals surface area contributed by atoms with Crippen LogP contribution in [0.5, 0.6) is 17.2 Å². The van der Waals surface area contributed by atoms with Crippen molar-refractivity contribution in [3.05, 3.63) is 83.9 Å². The average Bonchev–Trinajstić information content (AvgIpc) is 2.78. The van der Waals surface area contributed by atoms with Crippen LogP contribution in [0, 0.1) is 0 Å². The number of hydrogen-bond acceptors (Lipinski definition) is 5. The molecule has 0 aliphatic heterocycles. The molecule has 0 atom stereocenters. The van der Waals surface area contributed by atoms with Crippen molar-refractivity contribution in [2.45, 2.75) is 12.8 Å². The minimum Gasteiger partial charge on any atom is -0.493 e. The molecule has 0 radical (unpaired) electrons. The molecule has 3 rings (SSSR count). The van der Waals surface area contributed by atoms with Gasteiger partial charge in [0.1, 0.15) is 5.75 Å². The molecular formula is C24H23NO5. The molecule has 0 aromatic heterocycles. The van der Waals surface area contributed by atoms with E-state index in [-0.39, 0.29) is 18.3 Å². The van der Waals surface area contributed by atoms with E-state index >= 15 is 0 Å². The first kappa shape index (κ1) is 20.9. The maximum atomic E-state index is 12.3. The second kappa shape index (κ2) is 10.1. The van der Waals surface area contributed by atoms with Crippen LogP contribution in [0.4, 0.5) is 5.69 Å². The first-order chi connectivity index (χ1) is 14.6. The van der Waals surface area contributed by atoms with Gasteiger partial charge in [-0.2, -0.15) is 0 Å². The molecule has 0 bridgehead atoms. The minimum atomic E-state index is -0.355. The SMILES string of the molecule is COc1ccc(CCC(=O)Oc2ccc(C(=O)Nc3ccccc3)cc2)cc1OC. The molecular weight excluding hydrogens is 382 g/mol. The Labute approximate surface area is 175 Å². The number of esters is 1. The lowest BCUT2D eigenvalue weighted by Crippen LogP contribution is -2.12. The van der Waals surface area contributed by atoms with Gasteiger partial charge in [-0.1, -0.05) is 24.3 Å². The fourth-order valence-electron chi connectivity index (χ4n) is 2.86. The van der Waals surface area contributed by atoms with Crippen molar-refractivity contribution in [2.24, 2.45) is 0 Å². The Bertz CT molecular complexity index is 1000. The Morgan fingerprint density at radius 1 is 0.833 bits per heavy atom. The van der Waals surface area contributed by atoms with E-state index in [0.717, 1.165) is 5.56 Å². The number of ether oxygens (including phenoxy) is 3. The lowest BCUT2D eigenvalue weighted by Gasteiger charge is -2.10. The molecule has 6 heteroatoms. The van der Waals surface area contributed by atoms with Crippen molar-refractivity contribution < 1.29 is 23.8 Å². The number of benzene rings is 3. The molecule has 0 fully saturated rings. The number of para-hydroxylation sites is 1. The maximum absolute atomic E-state index is 12.3. The number of carbonyl (C=O) groups excluding carboxylic acids is 2. The average molecular weight is 405 g/mol. The standard InChI is InChI=1S/C24H23NO5/c1-28-21-14-8-17(16-22(21)29-2)9-15-23(26)30-20-12-10-18(11-13-20)24(27)25-19-6-4-3-5-7-19/h3-8,10-14,16H,9,15H2,1-2H3,(H,25,27). The van der Waals surface area contributed by atoms with Gasteiger partial charge in [-0.15, -0.1) is 0 Å². The molecule has 0 saturated heterocycles. The summed E-state index contributed by atoms with van der Waals surface area (Å²) in [6, 6.07) is 21.2. The zero-order valence-electron chi connectivity index (χ0n) is 16.9. The summed E-state index contributed by atoms with van der Waals surface area (Å²) < 4.78 is 15.8. The smallest absolute Gasteiger partial charge is 0.311 e. The Kier molecular flexibility index (Phi) is 7.05. The summed E-state index contributed by atoms with van der Waals surface area (Å²) in [5, 5.41) is 2.81. The number of nitrogens with one attached hydrogen (secondary N) is 1. The fourth-order valence-corrected chi connectivity index (χ4v) is 2.86. The Morgan fingerprint density at radius 3 is 2.20 bits per heavy atom. The summed E-state index contributed by atoms with van der Waals surface area (Å²) in [6.45, 7) is 0. The molecule has 0 heterocycles. The van der Waals surface area contributed by atoms with Gasteiger partial charge < -0.3 is 19.5 Å². The van der Waals surface area contributed by atoms with Crippen LogP contribution in [-0.2, 0) is 11.2 Å². The number of amides is 1. The number of aryl methyl sites for hydroxylation is 1. The number of rotatable bonds is 8. The van der Waals surface area contributed by atoms with Gasteiger partial charge in [0, 0.05) is 17.7 Å². The predicted molar refractivity (Wildman–Crippen MR) is 114 cm³/mol. The highest BCUT2D eigenvalue weighted by molar-refractivity contribution is 6.04. The van der Waals surface area contributed by atoms with Gasteiger partial charge >= 0.3 is 5.97 Å². The third kappa shape index (κ3) is 5.61. The summed E-state index contributed by atoms with van der Waals surface area (Å²) in [7, 11) is 3.14. The van der Waals surface area contributed by atoms with E-state index in [4.69, 9.17) is 14.2 Å². The van der Waals surface area contributed by atoms with Crippen LogP contribution >= 0.6 is 0 Å². The Hall–Kier alpha value is -3.80. The van der Waals surface area contributed by atoms with Crippen molar-refractivity contribution in [3.8, 4) is 17.2 Å². The molecule has 0 unspecified atom stereocenters. The van der Waals surface area contributed by atoms with E-state index in [0.29, 0.717) is 34.9 Å². The highest BCUT2D eigenvalue weighted by Gasteiger charge is 2.10. The number of carbonyl (C=O) groups is 2. The zero-order valence-corrected chi connectivity index (χ0v) is 16.9. The molecule has 30 heavy (non-hydrogen) atoms. The zero-order chi connectivity index (χ0) is 21.3. The molecule has 1 amide bonds.